The summed E-state index contributed by atoms with van der Waals surface area (Å²) in [6.45, 7) is 4.41. The van der Waals surface area contributed by atoms with Gasteiger partial charge in [0.25, 0.3) is 0 Å². The van der Waals surface area contributed by atoms with Gasteiger partial charge >= 0.3 is 0 Å². The molecule has 122 valence electrons. The molecule has 0 spiro atoms. The van der Waals surface area contributed by atoms with Crippen LogP contribution in [0.5, 0.6) is 5.75 Å². The van der Waals surface area contributed by atoms with Crippen molar-refractivity contribution in [1.29, 1.82) is 0 Å². The van der Waals surface area contributed by atoms with Gasteiger partial charge in [-0.1, -0.05) is 0 Å². The monoisotopic (exact) mass is 315 g/mol. The Morgan fingerprint density at radius 3 is 2.83 bits per heavy atom. The van der Waals surface area contributed by atoms with Gasteiger partial charge in [0, 0.05) is 19.1 Å². The molecule has 0 bridgehead atoms. The average molecular weight is 315 g/mol. The van der Waals surface area contributed by atoms with Crippen LogP contribution in [-0.4, -0.2) is 68.4 Å². The van der Waals surface area contributed by atoms with Crippen LogP contribution in [0.4, 0.5) is 0 Å². The van der Waals surface area contributed by atoms with Gasteiger partial charge in [-0.2, -0.15) is 4.68 Å². The predicted octanol–water partition coefficient (Wildman–Crippen LogP) is 0.262. The number of tetrazole rings is 1. The quantitative estimate of drug-likeness (QED) is 0.867. The minimum absolute atomic E-state index is 0.255. The number of pyridine rings is 1. The van der Waals surface area contributed by atoms with Crippen LogP contribution < -0.4 is 10.1 Å². The number of nitrogens with zero attached hydrogens (tertiary/aromatic N) is 6. The standard InChI is InChI=1S/C15H21N7O/c1-2-15(22-11-18-19-20-22)17-9-13(1)23-14-5-8-21(10-14)12-3-6-16-7-4-12/h1-2,9,11-12,14,16H,3-8,10H2. The smallest absolute Gasteiger partial charge is 0.157 e. The van der Waals surface area contributed by atoms with Crippen molar-refractivity contribution in [3.8, 4) is 11.6 Å². The minimum atomic E-state index is 0.255. The Labute approximate surface area is 134 Å². The second-order valence-electron chi connectivity index (χ2n) is 6.11. The molecule has 4 rings (SSSR count). The summed E-state index contributed by atoms with van der Waals surface area (Å²) in [6, 6.07) is 4.51. The van der Waals surface area contributed by atoms with E-state index in [1.54, 1.807) is 6.20 Å². The van der Waals surface area contributed by atoms with E-state index in [1.165, 1.54) is 23.9 Å². The van der Waals surface area contributed by atoms with E-state index in [-0.39, 0.29) is 6.10 Å². The second kappa shape index (κ2) is 6.59. The Morgan fingerprint density at radius 2 is 2.09 bits per heavy atom. The van der Waals surface area contributed by atoms with E-state index in [2.05, 4.69) is 30.7 Å². The maximum Gasteiger partial charge on any atom is 0.157 e. The van der Waals surface area contributed by atoms with Crippen LogP contribution in [0.15, 0.2) is 24.7 Å². The Hall–Kier alpha value is -2.06. The Kier molecular flexibility index (Phi) is 4.16. The van der Waals surface area contributed by atoms with Crippen LogP contribution in [0.3, 0.4) is 0 Å². The summed E-state index contributed by atoms with van der Waals surface area (Å²) in [6.07, 6.45) is 7.09. The third kappa shape index (κ3) is 3.32. The molecule has 0 radical (unpaired) electrons. The van der Waals surface area contributed by atoms with Crippen molar-refractivity contribution in [2.45, 2.75) is 31.4 Å². The zero-order chi connectivity index (χ0) is 15.5. The molecule has 2 aromatic heterocycles. The van der Waals surface area contributed by atoms with Gasteiger partial charge in [0.05, 0.1) is 6.20 Å². The van der Waals surface area contributed by atoms with Crippen molar-refractivity contribution in [3.05, 3.63) is 24.7 Å². The summed E-state index contributed by atoms with van der Waals surface area (Å²) < 4.78 is 7.61. The minimum Gasteiger partial charge on any atom is -0.487 e. The highest BCUT2D eigenvalue weighted by Gasteiger charge is 2.30. The molecule has 1 atom stereocenters. The number of nitrogens with one attached hydrogen (secondary N) is 1. The fraction of sp³-hybridized carbons (Fsp3) is 0.600. The van der Waals surface area contributed by atoms with Crippen LogP contribution >= 0.6 is 0 Å². The molecule has 2 aliphatic heterocycles. The Balaban J connectivity index is 1.33. The molecular weight excluding hydrogens is 294 g/mol. The molecule has 1 N–H and O–H groups in total. The van der Waals surface area contributed by atoms with E-state index < -0.39 is 0 Å². The maximum absolute atomic E-state index is 6.09. The van der Waals surface area contributed by atoms with Gasteiger partial charge in [0.15, 0.2) is 5.82 Å². The van der Waals surface area contributed by atoms with Crippen LogP contribution in [0, 0.1) is 0 Å². The van der Waals surface area contributed by atoms with Gasteiger partial charge in [0.2, 0.25) is 0 Å². The fourth-order valence-electron chi connectivity index (χ4n) is 3.39. The molecule has 8 heteroatoms. The largest absolute Gasteiger partial charge is 0.487 e. The molecule has 0 saturated carbocycles. The number of hydrogen-bond donors (Lipinski definition) is 1. The third-order valence-electron chi connectivity index (χ3n) is 4.61. The molecule has 0 aromatic carbocycles. The van der Waals surface area contributed by atoms with E-state index in [0.29, 0.717) is 11.9 Å². The summed E-state index contributed by atoms with van der Waals surface area (Å²) in [5, 5.41) is 14.5. The summed E-state index contributed by atoms with van der Waals surface area (Å²) in [5.41, 5.74) is 0. The summed E-state index contributed by atoms with van der Waals surface area (Å²) in [5.74, 6) is 1.49. The lowest BCUT2D eigenvalue weighted by atomic mass is 10.1. The van der Waals surface area contributed by atoms with Crippen molar-refractivity contribution < 1.29 is 4.74 Å². The lowest BCUT2D eigenvalue weighted by Crippen LogP contribution is -2.42. The molecule has 8 nitrogen and oxygen atoms in total. The van der Waals surface area contributed by atoms with Crippen molar-refractivity contribution in [2.24, 2.45) is 0 Å². The van der Waals surface area contributed by atoms with E-state index in [9.17, 15) is 0 Å². The van der Waals surface area contributed by atoms with Gasteiger partial charge in [0.1, 0.15) is 18.2 Å². The Morgan fingerprint density at radius 1 is 1.17 bits per heavy atom. The third-order valence-corrected chi connectivity index (χ3v) is 4.61. The normalized spacial score (nSPS) is 23.2. The van der Waals surface area contributed by atoms with Crippen LogP contribution in [0.1, 0.15) is 19.3 Å². The molecule has 4 heterocycles. The molecule has 2 saturated heterocycles. The van der Waals surface area contributed by atoms with Crippen LogP contribution in [0.2, 0.25) is 0 Å². The highest BCUT2D eigenvalue weighted by molar-refractivity contribution is 5.27. The van der Waals surface area contributed by atoms with Gasteiger partial charge < -0.3 is 10.1 Å². The lowest BCUT2D eigenvalue weighted by molar-refractivity contribution is 0.158. The number of ether oxygens (including phenoxy) is 1. The number of hydrogen-bond acceptors (Lipinski definition) is 7. The van der Waals surface area contributed by atoms with E-state index in [4.69, 9.17) is 4.74 Å². The molecule has 0 aliphatic carbocycles. The van der Waals surface area contributed by atoms with Crippen LogP contribution in [0.25, 0.3) is 5.82 Å². The first kappa shape index (κ1) is 14.5. The van der Waals surface area contributed by atoms with E-state index in [1.807, 2.05) is 12.1 Å². The highest BCUT2D eigenvalue weighted by atomic mass is 16.5. The molecule has 2 aliphatic rings. The van der Waals surface area contributed by atoms with Gasteiger partial charge in [-0.25, -0.2) is 4.98 Å². The predicted molar refractivity (Wildman–Crippen MR) is 83.4 cm³/mol. The number of piperidine rings is 1. The number of rotatable bonds is 4. The molecule has 1 unspecified atom stereocenters. The van der Waals surface area contributed by atoms with E-state index in [0.717, 1.165) is 38.3 Å². The first-order valence-electron chi connectivity index (χ1n) is 8.19. The molecule has 2 aromatic rings. The molecule has 23 heavy (non-hydrogen) atoms. The average Bonchev–Trinajstić information content (AvgIpc) is 3.28. The zero-order valence-corrected chi connectivity index (χ0v) is 13.0. The van der Waals surface area contributed by atoms with Crippen LogP contribution in [-0.2, 0) is 0 Å². The molecule has 0 amide bonds. The molecular formula is C15H21N7O. The van der Waals surface area contributed by atoms with Crippen molar-refractivity contribution in [3.63, 3.8) is 0 Å². The van der Waals surface area contributed by atoms with Crippen molar-refractivity contribution in [1.82, 2.24) is 35.4 Å². The fourth-order valence-corrected chi connectivity index (χ4v) is 3.39. The van der Waals surface area contributed by atoms with Gasteiger partial charge in [-0.05, 0) is 54.9 Å². The number of aromatic nitrogens is 5. The summed E-state index contributed by atoms with van der Waals surface area (Å²) in [4.78, 5) is 6.92. The van der Waals surface area contributed by atoms with Gasteiger partial charge in [-0.15, -0.1) is 5.10 Å². The van der Waals surface area contributed by atoms with E-state index >= 15 is 0 Å². The first-order valence-corrected chi connectivity index (χ1v) is 8.19. The van der Waals surface area contributed by atoms with Crippen molar-refractivity contribution in [2.75, 3.05) is 26.2 Å². The summed E-state index contributed by atoms with van der Waals surface area (Å²) in [7, 11) is 0. The molecule has 2 fully saturated rings. The number of likely N-dealkylation sites (tertiary alicyclic amines) is 1. The highest BCUT2D eigenvalue weighted by Crippen LogP contribution is 2.22. The topological polar surface area (TPSA) is 81.0 Å². The zero-order valence-electron chi connectivity index (χ0n) is 13.0. The summed E-state index contributed by atoms with van der Waals surface area (Å²) >= 11 is 0. The Bertz CT molecular complexity index is 609. The van der Waals surface area contributed by atoms with Crippen molar-refractivity contribution >= 4 is 0 Å². The SMILES string of the molecule is c1cc(-n2cnnn2)ncc1OC1CCN(C2CCNCC2)C1. The second-order valence-corrected chi connectivity index (χ2v) is 6.11. The first-order chi connectivity index (χ1) is 11.4. The lowest BCUT2D eigenvalue weighted by Gasteiger charge is -2.31. The maximum atomic E-state index is 6.09. The van der Waals surface area contributed by atoms with Gasteiger partial charge in [-0.3, -0.25) is 4.90 Å².